The number of nitrogens with one attached hydrogen (secondary N) is 1. The molecule has 0 aliphatic heterocycles. The largest absolute Gasteiger partial charge is 0.423 e. The highest BCUT2D eigenvalue weighted by molar-refractivity contribution is 6.05. The van der Waals surface area contributed by atoms with Crippen molar-refractivity contribution < 1.29 is 14.3 Å². The molecule has 0 atom stereocenters. The molecule has 5 nitrogen and oxygen atoms in total. The van der Waals surface area contributed by atoms with Crippen LogP contribution in [0.3, 0.4) is 0 Å². The van der Waals surface area contributed by atoms with Gasteiger partial charge in [0, 0.05) is 5.56 Å². The molecular weight excluding hydrogens is 388 g/mol. The van der Waals surface area contributed by atoms with Gasteiger partial charge in [0.05, 0.1) is 11.8 Å². The number of hydrogen-bond donors (Lipinski definition) is 1. The Labute approximate surface area is 180 Å². The molecule has 0 saturated heterocycles. The lowest BCUT2D eigenvalue weighted by atomic mass is 10.0. The van der Waals surface area contributed by atoms with Gasteiger partial charge in [0.1, 0.15) is 5.75 Å². The second-order valence-electron chi connectivity index (χ2n) is 7.05. The minimum atomic E-state index is -0.413. The fourth-order valence-electron chi connectivity index (χ4n) is 3.20. The van der Waals surface area contributed by atoms with Crippen LogP contribution in [0.1, 0.15) is 31.8 Å². The zero-order valence-corrected chi connectivity index (χ0v) is 16.9. The molecule has 0 aromatic heterocycles. The molecule has 4 rings (SSSR count). The molecule has 5 heteroatoms. The van der Waals surface area contributed by atoms with Crippen molar-refractivity contribution in [3.63, 3.8) is 0 Å². The molecule has 1 N–H and O–H groups in total. The number of nitrogens with zero attached hydrogens (tertiary/aromatic N) is 1. The minimum absolute atomic E-state index is 0.277. The molecule has 0 bridgehead atoms. The Kier molecular flexibility index (Phi) is 5.85. The van der Waals surface area contributed by atoms with Crippen molar-refractivity contribution in [3.8, 4) is 5.75 Å². The Morgan fingerprint density at radius 1 is 0.871 bits per heavy atom. The molecule has 0 unspecified atom stereocenters. The zero-order valence-electron chi connectivity index (χ0n) is 16.9. The van der Waals surface area contributed by atoms with Gasteiger partial charge in [0.25, 0.3) is 5.91 Å². The standard InChI is InChI=1S/C26H20N2O3/c1-18-6-4-9-21(16-18)25(29)28-27-17-19-12-14-22(15-13-19)31-26(30)24-11-5-8-20-7-2-3-10-23(20)24/h2-17H,1H3,(H,28,29)/b27-17+. The Bertz CT molecular complexity index is 1270. The van der Waals surface area contributed by atoms with E-state index in [0.29, 0.717) is 16.9 Å². The summed E-state index contributed by atoms with van der Waals surface area (Å²) in [5.41, 5.74) is 5.33. The molecule has 31 heavy (non-hydrogen) atoms. The fourth-order valence-corrected chi connectivity index (χ4v) is 3.20. The maximum atomic E-state index is 12.6. The van der Waals surface area contributed by atoms with Crippen LogP contribution < -0.4 is 10.2 Å². The second kappa shape index (κ2) is 9.05. The summed E-state index contributed by atoms with van der Waals surface area (Å²) in [4.78, 5) is 24.7. The first-order valence-corrected chi connectivity index (χ1v) is 9.80. The van der Waals surface area contributed by atoms with E-state index in [1.54, 1.807) is 42.5 Å². The van der Waals surface area contributed by atoms with Crippen molar-refractivity contribution >= 4 is 28.9 Å². The van der Waals surface area contributed by atoms with E-state index in [-0.39, 0.29) is 5.91 Å². The van der Waals surface area contributed by atoms with E-state index in [2.05, 4.69) is 10.5 Å². The lowest BCUT2D eigenvalue weighted by Crippen LogP contribution is -2.17. The van der Waals surface area contributed by atoms with Crippen molar-refractivity contribution in [2.75, 3.05) is 0 Å². The van der Waals surface area contributed by atoms with Gasteiger partial charge in [-0.2, -0.15) is 5.10 Å². The summed E-state index contributed by atoms with van der Waals surface area (Å²) in [5, 5.41) is 5.82. The van der Waals surface area contributed by atoms with Gasteiger partial charge in [-0.3, -0.25) is 4.79 Å². The van der Waals surface area contributed by atoms with Gasteiger partial charge >= 0.3 is 5.97 Å². The predicted molar refractivity (Wildman–Crippen MR) is 122 cm³/mol. The molecule has 0 saturated carbocycles. The average molecular weight is 408 g/mol. The van der Waals surface area contributed by atoms with Gasteiger partial charge in [-0.05, 0) is 65.7 Å². The van der Waals surface area contributed by atoms with Crippen LogP contribution in [0.4, 0.5) is 0 Å². The molecule has 4 aromatic carbocycles. The maximum Gasteiger partial charge on any atom is 0.344 e. The molecule has 0 radical (unpaired) electrons. The molecule has 0 spiro atoms. The van der Waals surface area contributed by atoms with Crippen molar-refractivity contribution in [2.45, 2.75) is 6.92 Å². The van der Waals surface area contributed by atoms with Crippen molar-refractivity contribution in [2.24, 2.45) is 5.10 Å². The number of esters is 1. The number of ether oxygens (including phenoxy) is 1. The summed E-state index contributed by atoms with van der Waals surface area (Å²) in [7, 11) is 0. The Morgan fingerprint density at radius 3 is 2.42 bits per heavy atom. The summed E-state index contributed by atoms with van der Waals surface area (Å²) < 4.78 is 5.52. The summed E-state index contributed by atoms with van der Waals surface area (Å²) in [6, 6.07) is 27.4. The number of benzene rings is 4. The highest BCUT2D eigenvalue weighted by Gasteiger charge is 2.12. The predicted octanol–water partition coefficient (Wildman–Crippen LogP) is 5.13. The van der Waals surface area contributed by atoms with E-state index in [1.165, 1.54) is 6.21 Å². The van der Waals surface area contributed by atoms with Gasteiger partial charge in [0.15, 0.2) is 0 Å². The Hall–Kier alpha value is -4.25. The van der Waals surface area contributed by atoms with E-state index in [4.69, 9.17) is 4.74 Å². The van der Waals surface area contributed by atoms with Crippen LogP contribution in [0.2, 0.25) is 0 Å². The van der Waals surface area contributed by atoms with Crippen LogP contribution in [-0.4, -0.2) is 18.1 Å². The van der Waals surface area contributed by atoms with Crippen LogP contribution in [0, 0.1) is 6.92 Å². The van der Waals surface area contributed by atoms with Gasteiger partial charge in [-0.25, -0.2) is 10.2 Å². The van der Waals surface area contributed by atoms with Crippen LogP contribution in [0.15, 0.2) is 96.1 Å². The minimum Gasteiger partial charge on any atom is -0.423 e. The van der Waals surface area contributed by atoms with Gasteiger partial charge in [-0.1, -0.05) is 54.1 Å². The molecule has 152 valence electrons. The van der Waals surface area contributed by atoms with Gasteiger partial charge < -0.3 is 4.74 Å². The van der Waals surface area contributed by atoms with E-state index in [1.807, 2.05) is 55.5 Å². The lowest BCUT2D eigenvalue weighted by Gasteiger charge is -2.07. The quantitative estimate of drug-likeness (QED) is 0.215. The number of hydrazone groups is 1. The van der Waals surface area contributed by atoms with Crippen LogP contribution >= 0.6 is 0 Å². The smallest absolute Gasteiger partial charge is 0.344 e. The van der Waals surface area contributed by atoms with E-state index in [9.17, 15) is 9.59 Å². The summed E-state index contributed by atoms with van der Waals surface area (Å²) in [5.74, 6) is -0.261. The number of rotatable bonds is 5. The van der Waals surface area contributed by atoms with E-state index < -0.39 is 5.97 Å². The molecule has 0 aliphatic carbocycles. The zero-order chi connectivity index (χ0) is 21.6. The Balaban J connectivity index is 1.39. The highest BCUT2D eigenvalue weighted by atomic mass is 16.5. The third-order valence-corrected chi connectivity index (χ3v) is 4.76. The van der Waals surface area contributed by atoms with E-state index >= 15 is 0 Å². The molecule has 0 aliphatic rings. The third kappa shape index (κ3) is 4.85. The summed E-state index contributed by atoms with van der Waals surface area (Å²) in [6.07, 6.45) is 1.53. The Morgan fingerprint density at radius 2 is 1.61 bits per heavy atom. The summed E-state index contributed by atoms with van der Waals surface area (Å²) in [6.45, 7) is 1.93. The number of carbonyl (C=O) groups is 2. The molecule has 4 aromatic rings. The van der Waals surface area contributed by atoms with Crippen LogP contribution in [-0.2, 0) is 0 Å². The maximum absolute atomic E-state index is 12.6. The third-order valence-electron chi connectivity index (χ3n) is 4.76. The van der Waals surface area contributed by atoms with Crippen LogP contribution in [0.5, 0.6) is 5.75 Å². The number of fused-ring (bicyclic) bond motifs is 1. The summed E-state index contributed by atoms with van der Waals surface area (Å²) >= 11 is 0. The number of aryl methyl sites for hydroxylation is 1. The number of amides is 1. The van der Waals surface area contributed by atoms with Gasteiger partial charge in [0.2, 0.25) is 0 Å². The van der Waals surface area contributed by atoms with Crippen molar-refractivity contribution in [3.05, 3.63) is 113 Å². The number of hydrogen-bond acceptors (Lipinski definition) is 4. The first-order valence-electron chi connectivity index (χ1n) is 9.80. The highest BCUT2D eigenvalue weighted by Crippen LogP contribution is 2.21. The second-order valence-corrected chi connectivity index (χ2v) is 7.05. The average Bonchev–Trinajstić information content (AvgIpc) is 2.79. The normalized spacial score (nSPS) is 10.9. The molecule has 0 fully saturated rings. The van der Waals surface area contributed by atoms with Crippen molar-refractivity contribution in [1.82, 2.24) is 5.43 Å². The van der Waals surface area contributed by atoms with Gasteiger partial charge in [-0.15, -0.1) is 0 Å². The number of carbonyl (C=O) groups excluding carboxylic acids is 2. The topological polar surface area (TPSA) is 67.8 Å². The lowest BCUT2D eigenvalue weighted by molar-refractivity contribution is 0.0736. The first kappa shape index (κ1) is 20.0. The SMILES string of the molecule is Cc1cccc(C(=O)N/N=C/c2ccc(OC(=O)c3cccc4ccccc34)cc2)c1. The first-order chi connectivity index (χ1) is 15.1. The fraction of sp³-hybridized carbons (Fsp3) is 0.0385. The monoisotopic (exact) mass is 408 g/mol. The molecule has 0 heterocycles. The van der Waals surface area contributed by atoms with E-state index in [0.717, 1.165) is 21.9 Å². The molecule has 1 amide bonds. The van der Waals surface area contributed by atoms with Crippen molar-refractivity contribution in [1.29, 1.82) is 0 Å². The van der Waals surface area contributed by atoms with Crippen LogP contribution in [0.25, 0.3) is 10.8 Å². The molecular formula is C26H20N2O3.